The molecule has 2 aromatic heterocycles. The van der Waals surface area contributed by atoms with Crippen molar-refractivity contribution in [3.8, 4) is 5.69 Å². The van der Waals surface area contributed by atoms with E-state index in [1.54, 1.807) is 10.6 Å². The fourth-order valence-corrected chi connectivity index (χ4v) is 4.03. The van der Waals surface area contributed by atoms with Crippen molar-refractivity contribution in [2.75, 3.05) is 12.3 Å². The quantitative estimate of drug-likeness (QED) is 0.497. The van der Waals surface area contributed by atoms with E-state index in [0.29, 0.717) is 22.9 Å². The molecule has 0 aliphatic heterocycles. The first kappa shape index (κ1) is 19.2. The summed E-state index contributed by atoms with van der Waals surface area (Å²) < 4.78 is 3.42. The van der Waals surface area contributed by atoms with Gasteiger partial charge >= 0.3 is 0 Å². The van der Waals surface area contributed by atoms with E-state index in [2.05, 4.69) is 22.4 Å². The fourth-order valence-electron chi connectivity index (χ4n) is 3.26. The number of aryl methyl sites for hydroxylation is 1. The molecule has 29 heavy (non-hydrogen) atoms. The van der Waals surface area contributed by atoms with Crippen molar-refractivity contribution in [1.82, 2.24) is 24.5 Å². The lowest BCUT2D eigenvalue weighted by molar-refractivity contribution is -0.118. The van der Waals surface area contributed by atoms with E-state index in [-0.39, 0.29) is 17.2 Å². The molecule has 0 saturated heterocycles. The van der Waals surface area contributed by atoms with Gasteiger partial charge in [0.05, 0.1) is 22.3 Å². The first-order valence-corrected chi connectivity index (χ1v) is 10.5. The maximum atomic E-state index is 13.3. The summed E-state index contributed by atoms with van der Waals surface area (Å²) in [5, 5.41) is 12.5. The first-order valence-electron chi connectivity index (χ1n) is 9.51. The van der Waals surface area contributed by atoms with Gasteiger partial charge in [0.1, 0.15) is 0 Å². The summed E-state index contributed by atoms with van der Waals surface area (Å²) in [6.45, 7) is 4.55. The number of carbonyl (C=O) groups excluding carboxylic acids is 1. The highest BCUT2D eigenvalue weighted by atomic mass is 32.2. The molecule has 2 aromatic carbocycles. The highest BCUT2D eigenvalue weighted by Crippen LogP contribution is 2.23. The third kappa shape index (κ3) is 3.51. The molecule has 4 rings (SSSR count). The Hall–Kier alpha value is -3.13. The molecule has 0 aliphatic carbocycles. The van der Waals surface area contributed by atoms with Crippen molar-refractivity contribution in [1.29, 1.82) is 0 Å². The van der Waals surface area contributed by atoms with Crippen LogP contribution in [-0.4, -0.2) is 37.4 Å². The second-order valence-electron chi connectivity index (χ2n) is 6.54. The summed E-state index contributed by atoms with van der Waals surface area (Å²) in [6, 6.07) is 15.2. The molecule has 0 unspecified atom stereocenters. The minimum Gasteiger partial charge on any atom is -0.356 e. The molecular weight excluding hydrogens is 386 g/mol. The number of para-hydroxylation sites is 1. The average Bonchev–Trinajstić information content (AvgIpc) is 3.17. The van der Waals surface area contributed by atoms with Gasteiger partial charge in [-0.2, -0.15) is 0 Å². The molecule has 0 bridgehead atoms. The Labute approximate surface area is 171 Å². The molecule has 0 aliphatic rings. The van der Waals surface area contributed by atoms with Gasteiger partial charge < -0.3 is 5.32 Å². The van der Waals surface area contributed by atoms with Crippen molar-refractivity contribution in [2.24, 2.45) is 0 Å². The van der Waals surface area contributed by atoms with Crippen molar-refractivity contribution in [2.45, 2.75) is 25.4 Å². The van der Waals surface area contributed by atoms with E-state index in [1.165, 1.54) is 17.3 Å². The number of thioether (sulfide) groups is 1. The van der Waals surface area contributed by atoms with Gasteiger partial charge in [0.2, 0.25) is 11.7 Å². The zero-order chi connectivity index (χ0) is 20.4. The number of hydrogen-bond acceptors (Lipinski definition) is 5. The Bertz CT molecular complexity index is 1240. The molecule has 8 heteroatoms. The molecule has 0 saturated carbocycles. The number of aromatic nitrogens is 4. The molecule has 1 N–H and O–H groups in total. The van der Waals surface area contributed by atoms with E-state index in [4.69, 9.17) is 0 Å². The van der Waals surface area contributed by atoms with Crippen LogP contribution in [0.4, 0.5) is 0 Å². The molecule has 0 atom stereocenters. The summed E-state index contributed by atoms with van der Waals surface area (Å²) in [6.07, 6.45) is 0.924. The number of nitrogens with zero attached hydrogens (tertiary/aromatic N) is 4. The van der Waals surface area contributed by atoms with Crippen molar-refractivity contribution >= 4 is 34.3 Å². The Morgan fingerprint density at radius 3 is 2.55 bits per heavy atom. The summed E-state index contributed by atoms with van der Waals surface area (Å²) in [7, 11) is 0. The lowest BCUT2D eigenvalue weighted by atomic mass is 10.1. The zero-order valence-electron chi connectivity index (χ0n) is 16.3. The molecule has 7 nitrogen and oxygen atoms in total. The maximum Gasteiger partial charge on any atom is 0.267 e. The largest absolute Gasteiger partial charge is 0.356 e. The van der Waals surface area contributed by atoms with Crippen LogP contribution in [0.1, 0.15) is 19.4 Å². The number of hydrogen-bond donors (Lipinski definition) is 1. The minimum absolute atomic E-state index is 0.0676. The third-order valence-electron chi connectivity index (χ3n) is 4.70. The van der Waals surface area contributed by atoms with E-state index < -0.39 is 0 Å². The molecule has 0 fully saturated rings. The molecule has 0 spiro atoms. The van der Waals surface area contributed by atoms with Crippen LogP contribution in [0.5, 0.6) is 0 Å². The normalized spacial score (nSPS) is 11.2. The van der Waals surface area contributed by atoms with Crippen LogP contribution in [0.3, 0.4) is 0 Å². The number of nitrogens with one attached hydrogen (secondary N) is 1. The predicted octanol–water partition coefficient (Wildman–Crippen LogP) is 2.82. The molecule has 0 radical (unpaired) electrons. The first-order chi connectivity index (χ1) is 14.1. The number of carbonyl (C=O) groups is 1. The smallest absolute Gasteiger partial charge is 0.267 e. The van der Waals surface area contributed by atoms with Crippen LogP contribution < -0.4 is 10.9 Å². The lowest BCUT2D eigenvalue weighted by Gasteiger charge is -2.11. The monoisotopic (exact) mass is 407 g/mol. The Balaban J connectivity index is 1.92. The van der Waals surface area contributed by atoms with Crippen LogP contribution in [0.15, 0.2) is 58.5 Å². The third-order valence-corrected chi connectivity index (χ3v) is 5.63. The predicted molar refractivity (Wildman–Crippen MR) is 115 cm³/mol. The van der Waals surface area contributed by atoms with Crippen LogP contribution in [-0.2, 0) is 11.2 Å². The molecular formula is C21H21N5O2S. The second kappa shape index (κ2) is 8.08. The molecule has 4 aromatic rings. The number of rotatable bonds is 6. The van der Waals surface area contributed by atoms with Gasteiger partial charge in [-0.05, 0) is 43.2 Å². The number of fused-ring (bicyclic) bond motifs is 3. The van der Waals surface area contributed by atoms with Gasteiger partial charge in [-0.25, -0.2) is 4.57 Å². The van der Waals surface area contributed by atoms with E-state index in [0.717, 1.165) is 17.6 Å². The van der Waals surface area contributed by atoms with Crippen LogP contribution in [0, 0.1) is 0 Å². The van der Waals surface area contributed by atoms with Crippen LogP contribution in [0.2, 0.25) is 0 Å². The highest BCUT2D eigenvalue weighted by Gasteiger charge is 2.18. The number of amides is 1. The number of benzene rings is 2. The summed E-state index contributed by atoms with van der Waals surface area (Å²) >= 11 is 1.30. The Morgan fingerprint density at radius 1 is 1.07 bits per heavy atom. The second-order valence-corrected chi connectivity index (χ2v) is 7.48. The maximum absolute atomic E-state index is 13.3. The average molecular weight is 407 g/mol. The topological polar surface area (TPSA) is 81.3 Å². The highest BCUT2D eigenvalue weighted by molar-refractivity contribution is 7.99. The molecule has 1 amide bonds. The van der Waals surface area contributed by atoms with Crippen molar-refractivity contribution in [3.63, 3.8) is 0 Å². The summed E-state index contributed by atoms with van der Waals surface area (Å²) in [5.74, 6) is 0.589. The van der Waals surface area contributed by atoms with E-state index >= 15 is 0 Å². The van der Waals surface area contributed by atoms with Gasteiger partial charge in [0.25, 0.3) is 5.56 Å². The van der Waals surface area contributed by atoms with Gasteiger partial charge in [-0.3, -0.25) is 14.0 Å². The Morgan fingerprint density at radius 2 is 1.83 bits per heavy atom. The molecule has 2 heterocycles. The standard InChI is InChI=1S/C21H21N5O2S/c1-3-14-9-11-15(12-10-14)25-19(28)16-7-5-6-8-17(16)26-20(25)23-24-21(26)29-13-18(27)22-4-2/h5-12H,3-4,13H2,1-2H3,(H,22,27). The summed E-state index contributed by atoms with van der Waals surface area (Å²) in [5.41, 5.74) is 2.50. The van der Waals surface area contributed by atoms with Crippen LogP contribution in [0.25, 0.3) is 22.4 Å². The van der Waals surface area contributed by atoms with E-state index in [9.17, 15) is 9.59 Å². The van der Waals surface area contributed by atoms with Crippen LogP contribution >= 0.6 is 11.8 Å². The van der Waals surface area contributed by atoms with Gasteiger partial charge in [0, 0.05) is 6.54 Å². The van der Waals surface area contributed by atoms with Gasteiger partial charge in [-0.1, -0.05) is 43.0 Å². The summed E-state index contributed by atoms with van der Waals surface area (Å²) in [4.78, 5) is 25.2. The lowest BCUT2D eigenvalue weighted by Crippen LogP contribution is -2.24. The van der Waals surface area contributed by atoms with Gasteiger partial charge in [0.15, 0.2) is 5.16 Å². The Kier molecular flexibility index (Phi) is 5.35. The zero-order valence-corrected chi connectivity index (χ0v) is 17.1. The van der Waals surface area contributed by atoms with Gasteiger partial charge in [-0.15, -0.1) is 10.2 Å². The fraction of sp³-hybridized carbons (Fsp3) is 0.238. The SMILES string of the molecule is CCNC(=O)CSc1nnc2n(-c3ccc(CC)cc3)c(=O)c3ccccc3n12. The minimum atomic E-state index is -0.148. The van der Waals surface area contributed by atoms with Crippen molar-refractivity contribution in [3.05, 3.63) is 64.4 Å². The van der Waals surface area contributed by atoms with E-state index in [1.807, 2.05) is 53.8 Å². The van der Waals surface area contributed by atoms with Crippen molar-refractivity contribution < 1.29 is 4.79 Å². The molecule has 148 valence electrons.